The second-order valence-corrected chi connectivity index (χ2v) is 5.54. The minimum atomic E-state index is -0.301. The number of amides is 1. The molecular formula is C16H23FN2O. The molecule has 0 aromatic heterocycles. The van der Waals surface area contributed by atoms with Gasteiger partial charge in [0.05, 0.1) is 0 Å². The first-order valence-corrected chi connectivity index (χ1v) is 7.40. The minimum absolute atomic E-state index is 0.0885. The van der Waals surface area contributed by atoms with Crippen LogP contribution >= 0.6 is 0 Å². The molecule has 20 heavy (non-hydrogen) atoms. The molecule has 110 valence electrons. The van der Waals surface area contributed by atoms with Crippen LogP contribution in [0.25, 0.3) is 0 Å². The molecule has 1 aromatic rings. The van der Waals surface area contributed by atoms with E-state index in [1.165, 1.54) is 12.1 Å². The van der Waals surface area contributed by atoms with E-state index in [1.54, 1.807) is 13.0 Å². The van der Waals surface area contributed by atoms with Gasteiger partial charge in [-0.2, -0.15) is 0 Å². The van der Waals surface area contributed by atoms with E-state index in [0.717, 1.165) is 32.2 Å². The molecule has 1 saturated carbocycles. The Labute approximate surface area is 120 Å². The molecule has 2 rings (SSSR count). The lowest BCUT2D eigenvalue weighted by molar-refractivity contribution is 0.0923. The van der Waals surface area contributed by atoms with Gasteiger partial charge in [-0.15, -0.1) is 0 Å². The van der Waals surface area contributed by atoms with Crippen LogP contribution in [0, 0.1) is 12.7 Å². The molecule has 0 radical (unpaired) electrons. The van der Waals surface area contributed by atoms with Crippen molar-refractivity contribution in [3.63, 3.8) is 0 Å². The maximum atomic E-state index is 13.0. The third kappa shape index (κ3) is 3.79. The van der Waals surface area contributed by atoms with Gasteiger partial charge in [0.1, 0.15) is 5.82 Å². The SMILES string of the molecule is CCNC1CCC(NC(=O)c2ccc(F)cc2C)CC1. The summed E-state index contributed by atoms with van der Waals surface area (Å²) in [6.45, 7) is 4.88. The largest absolute Gasteiger partial charge is 0.349 e. The first-order valence-electron chi connectivity index (χ1n) is 7.40. The van der Waals surface area contributed by atoms with Crippen molar-refractivity contribution in [1.29, 1.82) is 0 Å². The molecule has 0 heterocycles. The van der Waals surface area contributed by atoms with Crippen molar-refractivity contribution >= 4 is 5.91 Å². The molecule has 2 N–H and O–H groups in total. The van der Waals surface area contributed by atoms with Crippen LogP contribution in [0.15, 0.2) is 18.2 Å². The molecule has 1 aliphatic carbocycles. The van der Waals surface area contributed by atoms with E-state index in [0.29, 0.717) is 17.2 Å². The number of halogens is 1. The van der Waals surface area contributed by atoms with Gasteiger partial charge >= 0.3 is 0 Å². The number of benzene rings is 1. The predicted octanol–water partition coefficient (Wildman–Crippen LogP) is 2.78. The highest BCUT2D eigenvalue weighted by Crippen LogP contribution is 2.19. The first kappa shape index (κ1) is 15.0. The van der Waals surface area contributed by atoms with Crippen LogP contribution in [0.2, 0.25) is 0 Å². The summed E-state index contributed by atoms with van der Waals surface area (Å²) >= 11 is 0. The molecule has 1 amide bonds. The summed E-state index contributed by atoms with van der Waals surface area (Å²) in [7, 11) is 0. The van der Waals surface area contributed by atoms with E-state index in [1.807, 2.05) is 0 Å². The molecule has 3 nitrogen and oxygen atoms in total. The zero-order valence-electron chi connectivity index (χ0n) is 12.2. The molecule has 4 heteroatoms. The molecule has 0 spiro atoms. The van der Waals surface area contributed by atoms with Crippen molar-refractivity contribution in [1.82, 2.24) is 10.6 Å². The molecule has 1 fully saturated rings. The van der Waals surface area contributed by atoms with Gasteiger partial charge in [0.25, 0.3) is 5.91 Å². The average Bonchev–Trinajstić information content (AvgIpc) is 2.41. The van der Waals surface area contributed by atoms with Crippen molar-refractivity contribution in [3.8, 4) is 0 Å². The zero-order chi connectivity index (χ0) is 14.5. The Morgan fingerprint density at radius 2 is 1.90 bits per heavy atom. The second kappa shape index (κ2) is 6.84. The molecular weight excluding hydrogens is 255 g/mol. The van der Waals surface area contributed by atoms with Gasteiger partial charge in [-0.05, 0) is 62.9 Å². The Balaban J connectivity index is 1.89. The van der Waals surface area contributed by atoms with E-state index in [2.05, 4.69) is 17.6 Å². The lowest BCUT2D eigenvalue weighted by atomic mass is 9.91. The quantitative estimate of drug-likeness (QED) is 0.889. The molecule has 0 bridgehead atoms. The summed E-state index contributed by atoms with van der Waals surface area (Å²) in [6.07, 6.45) is 4.20. The number of carbonyl (C=O) groups excluding carboxylic acids is 1. The van der Waals surface area contributed by atoms with Crippen molar-refractivity contribution in [2.75, 3.05) is 6.54 Å². The number of carbonyl (C=O) groups is 1. The van der Waals surface area contributed by atoms with Gasteiger partial charge in [-0.3, -0.25) is 4.79 Å². The number of hydrogen-bond acceptors (Lipinski definition) is 2. The fraction of sp³-hybridized carbons (Fsp3) is 0.562. The Bertz CT molecular complexity index is 468. The second-order valence-electron chi connectivity index (χ2n) is 5.54. The summed E-state index contributed by atoms with van der Waals surface area (Å²) in [4.78, 5) is 12.2. The van der Waals surface area contributed by atoms with Crippen LogP contribution in [-0.2, 0) is 0 Å². The monoisotopic (exact) mass is 278 g/mol. The molecule has 0 unspecified atom stereocenters. The number of nitrogens with one attached hydrogen (secondary N) is 2. The van der Waals surface area contributed by atoms with Gasteiger partial charge < -0.3 is 10.6 Å². The average molecular weight is 278 g/mol. The number of rotatable bonds is 4. The standard InChI is InChI=1S/C16H23FN2O/c1-3-18-13-5-7-14(8-6-13)19-16(20)15-9-4-12(17)10-11(15)2/h4,9-10,13-14,18H,3,5-8H2,1-2H3,(H,19,20). The van der Waals surface area contributed by atoms with E-state index < -0.39 is 0 Å². The van der Waals surface area contributed by atoms with Crippen molar-refractivity contribution in [2.24, 2.45) is 0 Å². The third-order valence-corrected chi connectivity index (χ3v) is 3.99. The topological polar surface area (TPSA) is 41.1 Å². The van der Waals surface area contributed by atoms with E-state index >= 15 is 0 Å². The number of hydrogen-bond donors (Lipinski definition) is 2. The summed E-state index contributed by atoms with van der Waals surface area (Å²) in [5.41, 5.74) is 1.25. The van der Waals surface area contributed by atoms with Crippen LogP contribution in [0.3, 0.4) is 0 Å². The molecule has 1 aliphatic rings. The van der Waals surface area contributed by atoms with Gasteiger partial charge in [0.2, 0.25) is 0 Å². The van der Waals surface area contributed by atoms with Gasteiger partial charge in [0, 0.05) is 17.6 Å². The zero-order valence-corrected chi connectivity index (χ0v) is 12.2. The highest BCUT2D eigenvalue weighted by atomic mass is 19.1. The molecule has 1 aromatic carbocycles. The van der Waals surface area contributed by atoms with Crippen LogP contribution in [0.1, 0.15) is 48.5 Å². The Morgan fingerprint density at radius 3 is 2.50 bits per heavy atom. The van der Waals surface area contributed by atoms with E-state index in [4.69, 9.17) is 0 Å². The fourth-order valence-electron chi connectivity index (χ4n) is 2.88. The molecule has 0 saturated heterocycles. The van der Waals surface area contributed by atoms with E-state index in [-0.39, 0.29) is 17.8 Å². The van der Waals surface area contributed by atoms with Gasteiger partial charge in [0.15, 0.2) is 0 Å². The maximum absolute atomic E-state index is 13.0. The van der Waals surface area contributed by atoms with Gasteiger partial charge in [-0.1, -0.05) is 6.92 Å². The summed E-state index contributed by atoms with van der Waals surface area (Å²) < 4.78 is 13.0. The Kier molecular flexibility index (Phi) is 5.12. The van der Waals surface area contributed by atoms with Crippen molar-refractivity contribution < 1.29 is 9.18 Å². The van der Waals surface area contributed by atoms with Crippen molar-refractivity contribution in [3.05, 3.63) is 35.1 Å². The lowest BCUT2D eigenvalue weighted by Gasteiger charge is -2.29. The summed E-state index contributed by atoms with van der Waals surface area (Å²) in [6, 6.07) is 5.12. The highest BCUT2D eigenvalue weighted by Gasteiger charge is 2.22. The normalized spacial score (nSPS) is 22.6. The van der Waals surface area contributed by atoms with E-state index in [9.17, 15) is 9.18 Å². The fourth-order valence-corrected chi connectivity index (χ4v) is 2.88. The van der Waals surface area contributed by atoms with Crippen molar-refractivity contribution in [2.45, 2.75) is 51.6 Å². The minimum Gasteiger partial charge on any atom is -0.349 e. The van der Waals surface area contributed by atoms with Crippen LogP contribution in [0.5, 0.6) is 0 Å². The van der Waals surface area contributed by atoms with Gasteiger partial charge in [-0.25, -0.2) is 4.39 Å². The smallest absolute Gasteiger partial charge is 0.251 e. The predicted molar refractivity (Wildman–Crippen MR) is 78.3 cm³/mol. The van der Waals surface area contributed by atoms with Crippen LogP contribution in [0.4, 0.5) is 4.39 Å². The van der Waals surface area contributed by atoms with Crippen LogP contribution < -0.4 is 10.6 Å². The lowest BCUT2D eigenvalue weighted by Crippen LogP contribution is -2.42. The number of aryl methyl sites for hydroxylation is 1. The van der Waals surface area contributed by atoms with Crippen LogP contribution in [-0.4, -0.2) is 24.5 Å². The maximum Gasteiger partial charge on any atom is 0.251 e. The Hall–Kier alpha value is -1.42. The molecule has 0 atom stereocenters. The molecule has 0 aliphatic heterocycles. The highest BCUT2D eigenvalue weighted by molar-refractivity contribution is 5.95. The Morgan fingerprint density at radius 1 is 1.25 bits per heavy atom. The third-order valence-electron chi connectivity index (χ3n) is 3.99. The summed E-state index contributed by atoms with van der Waals surface area (Å²) in [5, 5.41) is 6.52. The summed E-state index contributed by atoms with van der Waals surface area (Å²) in [5.74, 6) is -0.389. The first-order chi connectivity index (χ1) is 9.60.